The van der Waals surface area contributed by atoms with E-state index in [9.17, 15) is 0 Å². The van der Waals surface area contributed by atoms with Crippen LogP contribution in [-0.2, 0) is 17.6 Å². The standard InChI is InChI=1S/C14H15Cl2N3O2/c15-10-2-1-9(12(16)6-10)5-13-18-14(21-19-13)7-11-8-17-3-4-20-11/h1-2,6,11,17H,3-5,7-8H2. The Morgan fingerprint density at radius 1 is 1.33 bits per heavy atom. The lowest BCUT2D eigenvalue weighted by atomic mass is 10.1. The molecule has 0 amide bonds. The molecule has 112 valence electrons. The van der Waals surface area contributed by atoms with Gasteiger partial charge in [-0.2, -0.15) is 4.98 Å². The number of hydrogen-bond donors (Lipinski definition) is 1. The fraction of sp³-hybridized carbons (Fsp3) is 0.429. The Labute approximate surface area is 132 Å². The Morgan fingerprint density at radius 3 is 3.00 bits per heavy atom. The minimum Gasteiger partial charge on any atom is -0.375 e. The number of ether oxygens (including phenoxy) is 1. The van der Waals surface area contributed by atoms with Gasteiger partial charge in [0.2, 0.25) is 5.89 Å². The summed E-state index contributed by atoms with van der Waals surface area (Å²) in [5.41, 5.74) is 0.920. The van der Waals surface area contributed by atoms with Gasteiger partial charge in [0.05, 0.1) is 19.1 Å². The minimum absolute atomic E-state index is 0.0890. The second kappa shape index (κ2) is 6.75. The Kier molecular flexibility index (Phi) is 4.75. The highest BCUT2D eigenvalue weighted by Crippen LogP contribution is 2.22. The number of morpholine rings is 1. The summed E-state index contributed by atoms with van der Waals surface area (Å²) in [7, 11) is 0. The quantitative estimate of drug-likeness (QED) is 0.934. The molecule has 1 saturated heterocycles. The van der Waals surface area contributed by atoms with Crippen LogP contribution >= 0.6 is 23.2 Å². The molecule has 2 heterocycles. The third-order valence-corrected chi connectivity index (χ3v) is 3.87. The van der Waals surface area contributed by atoms with Crippen LogP contribution in [0.5, 0.6) is 0 Å². The lowest BCUT2D eigenvalue weighted by Gasteiger charge is -2.21. The zero-order valence-electron chi connectivity index (χ0n) is 11.3. The molecule has 5 nitrogen and oxygen atoms in total. The molecule has 1 aliphatic heterocycles. The molecule has 3 rings (SSSR count). The van der Waals surface area contributed by atoms with Gasteiger partial charge in [0.1, 0.15) is 0 Å². The summed E-state index contributed by atoms with van der Waals surface area (Å²) in [5, 5.41) is 8.47. The fourth-order valence-corrected chi connectivity index (χ4v) is 2.70. The molecule has 1 aliphatic rings. The lowest BCUT2D eigenvalue weighted by molar-refractivity contribution is 0.0246. The van der Waals surface area contributed by atoms with Gasteiger partial charge >= 0.3 is 0 Å². The van der Waals surface area contributed by atoms with Crippen molar-refractivity contribution in [2.24, 2.45) is 0 Å². The third kappa shape index (κ3) is 3.95. The van der Waals surface area contributed by atoms with Crippen LogP contribution in [0.4, 0.5) is 0 Å². The predicted molar refractivity (Wildman–Crippen MR) is 79.9 cm³/mol. The van der Waals surface area contributed by atoms with Crippen molar-refractivity contribution >= 4 is 23.2 Å². The van der Waals surface area contributed by atoms with Crippen molar-refractivity contribution in [2.45, 2.75) is 18.9 Å². The van der Waals surface area contributed by atoms with E-state index in [2.05, 4.69) is 15.5 Å². The summed E-state index contributed by atoms with van der Waals surface area (Å²) in [6, 6.07) is 5.38. The van der Waals surface area contributed by atoms with Gasteiger partial charge in [0, 0.05) is 29.6 Å². The molecule has 1 aromatic heterocycles. The van der Waals surface area contributed by atoms with Crippen LogP contribution in [0.3, 0.4) is 0 Å². The second-order valence-corrected chi connectivity index (χ2v) is 5.76. The van der Waals surface area contributed by atoms with Gasteiger partial charge in [-0.05, 0) is 17.7 Å². The highest BCUT2D eigenvalue weighted by Gasteiger charge is 2.18. The van der Waals surface area contributed by atoms with E-state index in [0.29, 0.717) is 41.2 Å². The van der Waals surface area contributed by atoms with Gasteiger partial charge in [0.15, 0.2) is 5.82 Å². The topological polar surface area (TPSA) is 60.2 Å². The predicted octanol–water partition coefficient (Wildman–Crippen LogP) is 2.50. The van der Waals surface area contributed by atoms with Crippen LogP contribution in [0.2, 0.25) is 10.0 Å². The molecule has 1 aromatic carbocycles. The molecule has 1 unspecified atom stereocenters. The first-order valence-electron chi connectivity index (χ1n) is 6.78. The van der Waals surface area contributed by atoms with Crippen molar-refractivity contribution in [1.29, 1.82) is 0 Å². The van der Waals surface area contributed by atoms with Gasteiger partial charge in [-0.15, -0.1) is 0 Å². The molecular formula is C14H15Cl2N3O2. The molecule has 0 aliphatic carbocycles. The first-order chi connectivity index (χ1) is 10.2. The molecule has 1 N–H and O–H groups in total. The number of halogens is 2. The fourth-order valence-electron chi connectivity index (χ4n) is 2.23. The first kappa shape index (κ1) is 14.8. The first-order valence-corrected chi connectivity index (χ1v) is 7.54. The van der Waals surface area contributed by atoms with E-state index >= 15 is 0 Å². The van der Waals surface area contributed by atoms with E-state index in [0.717, 1.165) is 18.7 Å². The number of nitrogens with one attached hydrogen (secondary N) is 1. The summed E-state index contributed by atoms with van der Waals surface area (Å²) < 4.78 is 10.9. The second-order valence-electron chi connectivity index (χ2n) is 4.92. The Hall–Kier alpha value is -1.14. The minimum atomic E-state index is 0.0890. The highest BCUT2D eigenvalue weighted by molar-refractivity contribution is 6.35. The Balaban J connectivity index is 1.64. The smallest absolute Gasteiger partial charge is 0.229 e. The summed E-state index contributed by atoms with van der Waals surface area (Å²) in [4.78, 5) is 4.39. The van der Waals surface area contributed by atoms with Gasteiger partial charge in [-0.25, -0.2) is 0 Å². The maximum Gasteiger partial charge on any atom is 0.229 e. The van der Waals surface area contributed by atoms with Crippen molar-refractivity contribution in [1.82, 2.24) is 15.5 Å². The van der Waals surface area contributed by atoms with E-state index < -0.39 is 0 Å². The van der Waals surface area contributed by atoms with Gasteiger partial charge in [0.25, 0.3) is 0 Å². The monoisotopic (exact) mass is 327 g/mol. The molecule has 0 spiro atoms. The molecule has 7 heteroatoms. The molecule has 2 aromatic rings. The lowest BCUT2D eigenvalue weighted by Crippen LogP contribution is -2.39. The zero-order valence-corrected chi connectivity index (χ0v) is 12.8. The summed E-state index contributed by atoms with van der Waals surface area (Å²) in [6.07, 6.45) is 1.23. The van der Waals surface area contributed by atoms with Gasteiger partial charge < -0.3 is 14.6 Å². The number of nitrogens with zero attached hydrogens (tertiary/aromatic N) is 2. The highest BCUT2D eigenvalue weighted by atomic mass is 35.5. The largest absolute Gasteiger partial charge is 0.375 e. The van der Waals surface area contributed by atoms with Crippen LogP contribution in [-0.4, -0.2) is 35.9 Å². The number of benzene rings is 1. The number of hydrogen-bond acceptors (Lipinski definition) is 5. The molecular weight excluding hydrogens is 313 g/mol. The number of rotatable bonds is 4. The van der Waals surface area contributed by atoms with Crippen molar-refractivity contribution < 1.29 is 9.26 Å². The Bertz CT molecular complexity index is 612. The normalized spacial score (nSPS) is 18.9. The molecule has 0 radical (unpaired) electrons. The third-order valence-electron chi connectivity index (χ3n) is 3.28. The average molecular weight is 328 g/mol. The summed E-state index contributed by atoms with van der Waals surface area (Å²) in [5.74, 6) is 1.20. The van der Waals surface area contributed by atoms with Gasteiger partial charge in [-0.3, -0.25) is 0 Å². The molecule has 1 atom stereocenters. The Morgan fingerprint density at radius 2 is 2.24 bits per heavy atom. The molecule has 1 fully saturated rings. The van der Waals surface area contributed by atoms with E-state index in [4.69, 9.17) is 32.5 Å². The van der Waals surface area contributed by atoms with Crippen LogP contribution < -0.4 is 5.32 Å². The summed E-state index contributed by atoms with van der Waals surface area (Å²) >= 11 is 12.0. The van der Waals surface area contributed by atoms with Crippen molar-refractivity contribution in [3.8, 4) is 0 Å². The van der Waals surface area contributed by atoms with E-state index in [1.54, 1.807) is 12.1 Å². The van der Waals surface area contributed by atoms with E-state index in [-0.39, 0.29) is 6.10 Å². The van der Waals surface area contributed by atoms with Gasteiger partial charge in [-0.1, -0.05) is 34.4 Å². The van der Waals surface area contributed by atoms with E-state index in [1.807, 2.05) is 6.07 Å². The van der Waals surface area contributed by atoms with E-state index in [1.165, 1.54) is 0 Å². The van der Waals surface area contributed by atoms with Crippen molar-refractivity contribution in [3.05, 3.63) is 45.5 Å². The SMILES string of the molecule is Clc1ccc(Cc2noc(CC3CNCCO3)n2)c(Cl)c1. The van der Waals surface area contributed by atoms with Crippen LogP contribution in [0, 0.1) is 0 Å². The average Bonchev–Trinajstić information content (AvgIpc) is 2.90. The maximum absolute atomic E-state index is 6.14. The zero-order chi connectivity index (χ0) is 14.7. The number of aromatic nitrogens is 2. The molecule has 0 saturated carbocycles. The molecule has 0 bridgehead atoms. The van der Waals surface area contributed by atoms with Crippen LogP contribution in [0.1, 0.15) is 17.3 Å². The summed E-state index contributed by atoms with van der Waals surface area (Å²) in [6.45, 7) is 2.41. The molecule has 21 heavy (non-hydrogen) atoms. The van der Waals surface area contributed by atoms with Crippen LogP contribution in [0.15, 0.2) is 22.7 Å². The van der Waals surface area contributed by atoms with Crippen molar-refractivity contribution in [3.63, 3.8) is 0 Å². The van der Waals surface area contributed by atoms with Crippen molar-refractivity contribution in [2.75, 3.05) is 19.7 Å². The van der Waals surface area contributed by atoms with Crippen LogP contribution in [0.25, 0.3) is 0 Å². The maximum atomic E-state index is 6.14.